The fourth-order valence-electron chi connectivity index (χ4n) is 3.27. The maximum Gasteiger partial charge on any atom is 0.226 e. The molecule has 0 aliphatic heterocycles. The van der Waals surface area contributed by atoms with Gasteiger partial charge in [0.05, 0.1) is 0 Å². The topological polar surface area (TPSA) is 55.9 Å². The predicted molar refractivity (Wildman–Crippen MR) is 102 cm³/mol. The minimum atomic E-state index is 0.603. The molecule has 0 spiro atoms. The van der Waals surface area contributed by atoms with Crippen LogP contribution >= 0.6 is 0 Å². The normalized spacial score (nSPS) is 12.8. The zero-order chi connectivity index (χ0) is 17.6. The summed E-state index contributed by atoms with van der Waals surface area (Å²) in [5.41, 5.74) is 2.21. The van der Waals surface area contributed by atoms with E-state index in [1.165, 1.54) is 18.4 Å². The van der Waals surface area contributed by atoms with E-state index in [1.54, 1.807) is 0 Å². The molecule has 5 heteroatoms. The molecule has 1 unspecified atom stereocenters. The molecule has 0 saturated heterocycles. The van der Waals surface area contributed by atoms with Gasteiger partial charge in [-0.15, -0.1) is 0 Å². The first-order valence-corrected chi connectivity index (χ1v) is 9.29. The van der Waals surface area contributed by atoms with E-state index in [1.807, 2.05) is 19.2 Å². The van der Waals surface area contributed by atoms with Crippen LogP contribution < -0.4 is 5.32 Å². The summed E-state index contributed by atoms with van der Waals surface area (Å²) in [6.45, 7) is 5.52. The Kier molecular flexibility index (Phi) is 5.87. The van der Waals surface area contributed by atoms with Crippen LogP contribution in [0.2, 0.25) is 0 Å². The SMILES string of the molecule is CCCC(C)NCCCCc1nc(-c2cn(C)c3ccccc23)no1. The molecule has 3 rings (SSSR count). The van der Waals surface area contributed by atoms with Crippen molar-refractivity contribution >= 4 is 10.9 Å². The summed E-state index contributed by atoms with van der Waals surface area (Å²) >= 11 is 0. The van der Waals surface area contributed by atoms with Crippen molar-refractivity contribution in [2.45, 2.75) is 52.0 Å². The number of nitrogens with zero attached hydrogens (tertiary/aromatic N) is 3. The summed E-state index contributed by atoms with van der Waals surface area (Å²) in [7, 11) is 2.04. The van der Waals surface area contributed by atoms with Gasteiger partial charge in [-0.3, -0.25) is 0 Å². The maximum absolute atomic E-state index is 5.45. The van der Waals surface area contributed by atoms with Crippen molar-refractivity contribution in [3.63, 3.8) is 0 Å². The smallest absolute Gasteiger partial charge is 0.226 e. The minimum Gasteiger partial charge on any atom is -0.350 e. The van der Waals surface area contributed by atoms with Crippen molar-refractivity contribution in [2.75, 3.05) is 6.54 Å². The third kappa shape index (κ3) is 4.28. The zero-order valence-electron chi connectivity index (χ0n) is 15.5. The lowest BCUT2D eigenvalue weighted by Gasteiger charge is -2.11. The number of aromatic nitrogens is 3. The second-order valence-corrected chi connectivity index (χ2v) is 6.78. The molecule has 1 N–H and O–H groups in total. The molecule has 0 aliphatic carbocycles. The first-order valence-electron chi connectivity index (χ1n) is 9.29. The molecule has 2 aromatic heterocycles. The molecule has 0 fully saturated rings. The second kappa shape index (κ2) is 8.30. The standard InChI is InChI=1S/C20H28N4O/c1-4-9-15(2)21-13-8-7-12-19-22-20(23-25-19)17-14-24(3)18-11-6-5-10-16(17)18/h5-6,10-11,14-15,21H,4,7-9,12-13H2,1-3H3. The lowest BCUT2D eigenvalue weighted by Crippen LogP contribution is -2.26. The van der Waals surface area contributed by atoms with Crippen LogP contribution in [0, 0.1) is 0 Å². The quantitative estimate of drug-likeness (QED) is 0.589. The summed E-state index contributed by atoms with van der Waals surface area (Å²) < 4.78 is 7.55. The number of rotatable bonds is 9. The van der Waals surface area contributed by atoms with Gasteiger partial charge < -0.3 is 14.4 Å². The summed E-state index contributed by atoms with van der Waals surface area (Å²) in [5.74, 6) is 1.41. The van der Waals surface area contributed by atoms with Crippen LogP contribution in [-0.4, -0.2) is 27.3 Å². The van der Waals surface area contributed by atoms with Crippen molar-refractivity contribution < 1.29 is 4.52 Å². The molecule has 2 heterocycles. The number of fused-ring (bicyclic) bond motifs is 1. The van der Waals surface area contributed by atoms with Crippen LogP contribution in [-0.2, 0) is 13.5 Å². The summed E-state index contributed by atoms with van der Waals surface area (Å²) in [6.07, 6.45) is 7.55. The molecular weight excluding hydrogens is 312 g/mol. The summed E-state index contributed by atoms with van der Waals surface area (Å²) in [4.78, 5) is 4.59. The van der Waals surface area contributed by atoms with Gasteiger partial charge in [-0.2, -0.15) is 4.98 Å². The molecule has 0 saturated carbocycles. The van der Waals surface area contributed by atoms with Crippen molar-refractivity contribution in [1.29, 1.82) is 0 Å². The number of benzene rings is 1. The number of aryl methyl sites for hydroxylation is 2. The Balaban J connectivity index is 1.56. The number of hydrogen-bond acceptors (Lipinski definition) is 4. The lowest BCUT2D eigenvalue weighted by atomic mass is 10.1. The number of para-hydroxylation sites is 1. The molecule has 0 aliphatic rings. The van der Waals surface area contributed by atoms with E-state index < -0.39 is 0 Å². The average molecular weight is 340 g/mol. The predicted octanol–water partition coefficient (Wildman–Crippen LogP) is 4.33. The van der Waals surface area contributed by atoms with Gasteiger partial charge in [-0.25, -0.2) is 0 Å². The summed E-state index contributed by atoms with van der Waals surface area (Å²) in [6, 6.07) is 8.89. The number of nitrogens with one attached hydrogen (secondary N) is 1. The third-order valence-electron chi connectivity index (χ3n) is 4.64. The largest absolute Gasteiger partial charge is 0.350 e. The lowest BCUT2D eigenvalue weighted by molar-refractivity contribution is 0.373. The highest BCUT2D eigenvalue weighted by Gasteiger charge is 2.14. The van der Waals surface area contributed by atoms with E-state index in [9.17, 15) is 0 Å². The van der Waals surface area contributed by atoms with Gasteiger partial charge in [-0.05, 0) is 38.8 Å². The molecule has 0 amide bonds. The van der Waals surface area contributed by atoms with Gasteiger partial charge in [0.25, 0.3) is 0 Å². The highest BCUT2D eigenvalue weighted by molar-refractivity contribution is 5.94. The van der Waals surface area contributed by atoms with E-state index >= 15 is 0 Å². The van der Waals surface area contributed by atoms with Gasteiger partial charge in [0.1, 0.15) is 0 Å². The molecule has 0 bridgehead atoms. The van der Waals surface area contributed by atoms with E-state index in [0.717, 1.165) is 42.6 Å². The van der Waals surface area contributed by atoms with Gasteiger partial charge in [0, 0.05) is 42.2 Å². The van der Waals surface area contributed by atoms with Crippen molar-refractivity contribution in [1.82, 2.24) is 20.0 Å². The second-order valence-electron chi connectivity index (χ2n) is 6.78. The molecule has 25 heavy (non-hydrogen) atoms. The van der Waals surface area contributed by atoms with Crippen LogP contribution in [0.5, 0.6) is 0 Å². The Morgan fingerprint density at radius 3 is 2.92 bits per heavy atom. The van der Waals surface area contributed by atoms with Gasteiger partial charge >= 0.3 is 0 Å². The zero-order valence-corrected chi connectivity index (χ0v) is 15.5. The van der Waals surface area contributed by atoms with Crippen LogP contribution in [0.3, 0.4) is 0 Å². The highest BCUT2D eigenvalue weighted by atomic mass is 16.5. The Morgan fingerprint density at radius 2 is 2.08 bits per heavy atom. The molecule has 1 aromatic carbocycles. The van der Waals surface area contributed by atoms with E-state index in [2.05, 4.69) is 52.2 Å². The maximum atomic E-state index is 5.45. The van der Waals surface area contributed by atoms with Crippen molar-refractivity contribution in [3.05, 3.63) is 36.4 Å². The molecule has 5 nitrogen and oxygen atoms in total. The third-order valence-corrected chi connectivity index (χ3v) is 4.64. The van der Waals surface area contributed by atoms with Crippen molar-refractivity contribution in [3.8, 4) is 11.4 Å². The first kappa shape index (κ1) is 17.7. The van der Waals surface area contributed by atoms with Crippen LogP contribution in [0.1, 0.15) is 45.4 Å². The number of hydrogen-bond donors (Lipinski definition) is 1. The van der Waals surface area contributed by atoms with Crippen molar-refractivity contribution in [2.24, 2.45) is 7.05 Å². The van der Waals surface area contributed by atoms with Gasteiger partial charge in [0.15, 0.2) is 0 Å². The minimum absolute atomic E-state index is 0.603. The van der Waals surface area contributed by atoms with E-state index in [4.69, 9.17) is 4.52 Å². The Hall–Kier alpha value is -2.14. The van der Waals surface area contributed by atoms with E-state index in [-0.39, 0.29) is 0 Å². The molecular formula is C20H28N4O. The molecule has 134 valence electrons. The molecule has 3 aromatic rings. The molecule has 1 atom stereocenters. The van der Waals surface area contributed by atoms with Crippen LogP contribution in [0.15, 0.2) is 35.0 Å². The highest BCUT2D eigenvalue weighted by Crippen LogP contribution is 2.28. The fraction of sp³-hybridized carbons (Fsp3) is 0.500. The Labute approximate surface area is 149 Å². The van der Waals surface area contributed by atoms with E-state index in [0.29, 0.717) is 11.9 Å². The fourth-order valence-corrected chi connectivity index (χ4v) is 3.27. The Morgan fingerprint density at radius 1 is 1.24 bits per heavy atom. The summed E-state index contributed by atoms with van der Waals surface area (Å²) in [5, 5.41) is 8.90. The molecule has 0 radical (unpaired) electrons. The van der Waals surface area contributed by atoms with Crippen LogP contribution in [0.25, 0.3) is 22.3 Å². The van der Waals surface area contributed by atoms with Crippen LogP contribution in [0.4, 0.5) is 0 Å². The van der Waals surface area contributed by atoms with Gasteiger partial charge in [-0.1, -0.05) is 36.7 Å². The average Bonchev–Trinajstić information content (AvgIpc) is 3.20. The Bertz CT molecular complexity index is 805. The van der Waals surface area contributed by atoms with Gasteiger partial charge in [0.2, 0.25) is 11.7 Å². The number of unbranched alkanes of at least 4 members (excludes halogenated alkanes) is 1. The monoisotopic (exact) mass is 340 g/mol. The first-order chi connectivity index (χ1) is 12.2.